The van der Waals surface area contributed by atoms with Crippen molar-refractivity contribution in [1.29, 1.82) is 0 Å². The molecule has 1 amide bonds. The summed E-state index contributed by atoms with van der Waals surface area (Å²) >= 11 is 3.07. The van der Waals surface area contributed by atoms with E-state index in [9.17, 15) is 18.0 Å². The lowest BCUT2D eigenvalue weighted by atomic mass is 10.1. The number of carbonyl (C=O) groups is 1. The lowest BCUT2D eigenvalue weighted by Crippen LogP contribution is -2.22. The zero-order valence-electron chi connectivity index (χ0n) is 10.00. The number of amides is 1. The minimum atomic E-state index is -4.36. The lowest BCUT2D eigenvalue weighted by molar-refractivity contribution is -0.137. The zero-order chi connectivity index (χ0) is 14.8. The van der Waals surface area contributed by atoms with E-state index in [1.807, 2.05) is 0 Å². The van der Waals surface area contributed by atoms with Gasteiger partial charge in [0.2, 0.25) is 0 Å². The summed E-state index contributed by atoms with van der Waals surface area (Å²) in [7, 11) is 0. The molecule has 1 N–H and O–H groups in total. The molecule has 7 heteroatoms. The Morgan fingerprint density at radius 2 is 1.85 bits per heavy atom. The number of nitrogens with one attached hydrogen (secondary N) is 1. The van der Waals surface area contributed by atoms with E-state index in [4.69, 9.17) is 4.42 Å². The van der Waals surface area contributed by atoms with Gasteiger partial charge in [-0.05, 0) is 39.7 Å². The third-order valence-corrected chi connectivity index (χ3v) is 3.21. The quantitative estimate of drug-likeness (QED) is 0.911. The highest BCUT2D eigenvalue weighted by molar-refractivity contribution is 9.10. The number of alkyl halides is 3. The molecule has 2 aromatic rings. The van der Waals surface area contributed by atoms with Crippen molar-refractivity contribution in [2.75, 3.05) is 0 Å². The molecule has 0 aliphatic rings. The predicted octanol–water partition coefficient (Wildman–Crippen LogP) is 3.99. The Morgan fingerprint density at radius 1 is 1.20 bits per heavy atom. The monoisotopic (exact) mass is 347 g/mol. The normalized spacial score (nSPS) is 11.4. The molecule has 2 rings (SSSR count). The molecule has 0 saturated carbocycles. The van der Waals surface area contributed by atoms with Crippen molar-refractivity contribution in [3.8, 4) is 0 Å². The third kappa shape index (κ3) is 3.41. The van der Waals surface area contributed by atoms with Gasteiger partial charge in [0.25, 0.3) is 5.91 Å². The van der Waals surface area contributed by atoms with E-state index < -0.39 is 11.7 Å². The van der Waals surface area contributed by atoms with Crippen molar-refractivity contribution in [3.05, 3.63) is 58.0 Å². The van der Waals surface area contributed by atoms with Crippen molar-refractivity contribution in [2.45, 2.75) is 12.7 Å². The van der Waals surface area contributed by atoms with Crippen molar-refractivity contribution < 1.29 is 22.4 Å². The van der Waals surface area contributed by atoms with E-state index in [-0.39, 0.29) is 12.5 Å². The van der Waals surface area contributed by atoms with Crippen LogP contribution in [0.25, 0.3) is 0 Å². The highest BCUT2D eigenvalue weighted by Gasteiger charge is 2.29. The maximum atomic E-state index is 12.4. The predicted molar refractivity (Wildman–Crippen MR) is 69.0 cm³/mol. The smallest absolute Gasteiger partial charge is 0.416 e. The highest BCUT2D eigenvalue weighted by atomic mass is 79.9. The van der Waals surface area contributed by atoms with Crippen LogP contribution in [-0.2, 0) is 12.7 Å². The van der Waals surface area contributed by atoms with Crippen molar-refractivity contribution in [1.82, 2.24) is 5.32 Å². The molecular formula is C13H9BrF3NO2. The molecular weight excluding hydrogens is 339 g/mol. The molecule has 3 nitrogen and oxygen atoms in total. The van der Waals surface area contributed by atoms with Crippen LogP contribution in [0.15, 0.2) is 45.7 Å². The second-order valence-corrected chi connectivity index (χ2v) is 4.71. The summed E-state index contributed by atoms with van der Waals surface area (Å²) in [6.07, 6.45) is -3.00. The summed E-state index contributed by atoms with van der Waals surface area (Å²) in [5.41, 5.74) is 0.188. The number of halogens is 4. The maximum absolute atomic E-state index is 12.4. The summed E-state index contributed by atoms with van der Waals surface area (Å²) in [5, 5.41) is 2.59. The van der Waals surface area contributed by atoms with Gasteiger partial charge in [0.05, 0.1) is 17.4 Å². The largest absolute Gasteiger partial charge is 0.457 e. The molecule has 0 aliphatic heterocycles. The third-order valence-electron chi connectivity index (χ3n) is 2.60. The van der Waals surface area contributed by atoms with Crippen LogP contribution in [0, 0.1) is 0 Å². The Labute approximate surface area is 120 Å². The van der Waals surface area contributed by atoms with Crippen LogP contribution in [0.5, 0.6) is 0 Å². The van der Waals surface area contributed by atoms with Gasteiger partial charge in [-0.1, -0.05) is 12.1 Å². The van der Waals surface area contributed by atoms with Gasteiger partial charge in [-0.3, -0.25) is 4.79 Å². The molecule has 1 aromatic carbocycles. The fourth-order valence-electron chi connectivity index (χ4n) is 1.54. The molecule has 0 bridgehead atoms. The van der Waals surface area contributed by atoms with E-state index >= 15 is 0 Å². The van der Waals surface area contributed by atoms with E-state index in [2.05, 4.69) is 21.2 Å². The molecule has 0 saturated heterocycles. The van der Waals surface area contributed by atoms with Gasteiger partial charge in [0.15, 0.2) is 4.67 Å². The Bertz CT molecular complexity index is 605. The van der Waals surface area contributed by atoms with Gasteiger partial charge in [-0.25, -0.2) is 0 Å². The summed E-state index contributed by atoms with van der Waals surface area (Å²) in [6, 6.07) is 6.11. The van der Waals surface area contributed by atoms with Crippen LogP contribution >= 0.6 is 15.9 Å². The van der Waals surface area contributed by atoms with Gasteiger partial charge in [0, 0.05) is 6.54 Å². The number of furan rings is 1. The van der Waals surface area contributed by atoms with Crippen molar-refractivity contribution in [3.63, 3.8) is 0 Å². The Morgan fingerprint density at radius 3 is 2.35 bits per heavy atom. The SMILES string of the molecule is O=C(NCc1ccc(C(F)(F)F)cc1)c1ccoc1Br. The van der Waals surface area contributed by atoms with Gasteiger partial charge < -0.3 is 9.73 Å². The van der Waals surface area contributed by atoms with Crippen molar-refractivity contribution in [2.24, 2.45) is 0 Å². The van der Waals surface area contributed by atoms with E-state index in [0.29, 0.717) is 15.8 Å². The molecule has 106 valence electrons. The first-order valence-corrected chi connectivity index (χ1v) is 6.34. The molecule has 0 aliphatic carbocycles. The van der Waals surface area contributed by atoms with Crippen LogP contribution < -0.4 is 5.32 Å². The number of benzene rings is 1. The molecule has 1 aromatic heterocycles. The molecule has 1 heterocycles. The topological polar surface area (TPSA) is 42.2 Å². The second kappa shape index (κ2) is 5.70. The Balaban J connectivity index is 1.98. The number of hydrogen-bond donors (Lipinski definition) is 1. The van der Waals surface area contributed by atoms with Crippen molar-refractivity contribution >= 4 is 21.8 Å². The molecule has 20 heavy (non-hydrogen) atoms. The summed E-state index contributed by atoms with van der Waals surface area (Å²) in [6.45, 7) is 0.134. The van der Waals surface area contributed by atoms with Crippen LogP contribution in [-0.4, -0.2) is 5.91 Å². The first kappa shape index (κ1) is 14.6. The van der Waals surface area contributed by atoms with E-state index in [1.165, 1.54) is 24.5 Å². The van der Waals surface area contributed by atoms with E-state index in [1.54, 1.807) is 0 Å². The molecule has 0 spiro atoms. The summed E-state index contributed by atoms with van der Waals surface area (Å²) < 4.78 is 42.4. The van der Waals surface area contributed by atoms with Gasteiger partial charge in [-0.15, -0.1) is 0 Å². The highest BCUT2D eigenvalue weighted by Crippen LogP contribution is 2.29. The average molecular weight is 348 g/mol. The fourth-order valence-corrected chi connectivity index (χ4v) is 1.97. The standard InChI is InChI=1S/C13H9BrF3NO2/c14-11-10(5-6-20-11)12(19)18-7-8-1-3-9(4-2-8)13(15,16)17/h1-6H,7H2,(H,18,19). The Hall–Kier alpha value is -1.76. The van der Waals surface area contributed by atoms with Gasteiger partial charge >= 0.3 is 6.18 Å². The zero-order valence-corrected chi connectivity index (χ0v) is 11.6. The molecule has 0 radical (unpaired) electrons. The van der Waals surface area contributed by atoms with Crippen LogP contribution in [0.1, 0.15) is 21.5 Å². The lowest BCUT2D eigenvalue weighted by Gasteiger charge is -2.08. The minimum absolute atomic E-state index is 0.134. The first-order chi connectivity index (χ1) is 9.38. The fraction of sp³-hybridized carbons (Fsp3) is 0.154. The number of hydrogen-bond acceptors (Lipinski definition) is 2. The van der Waals surface area contributed by atoms with Crippen LogP contribution in [0.4, 0.5) is 13.2 Å². The number of rotatable bonds is 3. The summed E-state index contributed by atoms with van der Waals surface area (Å²) in [5.74, 6) is -0.370. The number of carbonyl (C=O) groups excluding carboxylic acids is 1. The molecule has 0 fully saturated rings. The second-order valence-electron chi connectivity index (χ2n) is 3.99. The molecule has 0 unspecified atom stereocenters. The van der Waals surface area contributed by atoms with Gasteiger partial charge in [0.1, 0.15) is 0 Å². The van der Waals surface area contributed by atoms with E-state index in [0.717, 1.165) is 12.1 Å². The van der Waals surface area contributed by atoms with Crippen LogP contribution in [0.3, 0.4) is 0 Å². The maximum Gasteiger partial charge on any atom is 0.416 e. The summed E-state index contributed by atoms with van der Waals surface area (Å²) in [4.78, 5) is 11.7. The van der Waals surface area contributed by atoms with Gasteiger partial charge in [-0.2, -0.15) is 13.2 Å². The average Bonchev–Trinajstić information content (AvgIpc) is 2.82. The first-order valence-electron chi connectivity index (χ1n) is 5.55. The molecule has 0 atom stereocenters. The Kier molecular flexibility index (Phi) is 4.17. The van der Waals surface area contributed by atoms with Crippen LogP contribution in [0.2, 0.25) is 0 Å². The minimum Gasteiger partial charge on any atom is -0.457 e.